The van der Waals surface area contributed by atoms with E-state index in [4.69, 9.17) is 28.0 Å². The number of carbonyl (C=O) groups excluding carboxylic acids is 3. The Morgan fingerprint density at radius 1 is 0.892 bits per heavy atom. The van der Waals surface area contributed by atoms with Gasteiger partial charge in [0.25, 0.3) is 0 Å². The second kappa shape index (κ2) is 16.7. The Morgan fingerprint density at radius 3 is 2.14 bits per heavy atom. The van der Waals surface area contributed by atoms with E-state index in [0.717, 1.165) is 0 Å². The van der Waals surface area contributed by atoms with E-state index in [1.165, 1.54) is 12.1 Å². The quantitative estimate of drug-likeness (QED) is 0.0595. The van der Waals surface area contributed by atoms with Gasteiger partial charge in [-0.25, -0.2) is 0 Å². The number of aromatic hydroxyl groups is 1. The van der Waals surface area contributed by atoms with E-state index < -0.39 is 48.4 Å². The first-order chi connectivity index (χ1) is 17.5. The van der Waals surface area contributed by atoms with Crippen molar-refractivity contribution in [2.24, 2.45) is 27.9 Å². The summed E-state index contributed by atoms with van der Waals surface area (Å²) < 4.78 is 0. The standard InChI is InChI=1S/C23H38N8O6/c24-10-2-1-4-16(25)20(35)31-18(12-14-6-8-15(32)9-7-14)22(37)30-17(5-3-11-28-23(26)27)21(36)29-13-19(33)34/h6-9,16-18,32H,1-5,10-13,24-25H2,(H,29,36)(H,30,37)(H,31,35)(H,33,34)(H4,26,27,28). The Kier molecular flexibility index (Phi) is 14.1. The molecule has 0 aromatic heterocycles. The summed E-state index contributed by atoms with van der Waals surface area (Å²) in [7, 11) is 0. The van der Waals surface area contributed by atoms with Crippen molar-refractivity contribution >= 4 is 29.7 Å². The number of carboxylic acids is 1. The van der Waals surface area contributed by atoms with Gasteiger partial charge in [-0.2, -0.15) is 0 Å². The fraction of sp³-hybridized carbons (Fsp3) is 0.522. The van der Waals surface area contributed by atoms with Crippen molar-refractivity contribution in [3.63, 3.8) is 0 Å². The molecule has 0 heterocycles. The average Bonchev–Trinajstić information content (AvgIpc) is 2.84. The zero-order chi connectivity index (χ0) is 27.8. The normalized spacial score (nSPS) is 13.0. The topological polar surface area (TPSA) is 261 Å². The number of guanidine groups is 1. The van der Waals surface area contributed by atoms with Crippen molar-refractivity contribution in [1.82, 2.24) is 16.0 Å². The number of aliphatic carboxylic acids is 1. The number of benzene rings is 1. The van der Waals surface area contributed by atoms with Crippen LogP contribution in [0.25, 0.3) is 0 Å². The summed E-state index contributed by atoms with van der Waals surface area (Å²) in [5, 5.41) is 25.9. The van der Waals surface area contributed by atoms with Crippen LogP contribution in [0, 0.1) is 0 Å². The molecule has 1 aromatic carbocycles. The van der Waals surface area contributed by atoms with Crippen LogP contribution < -0.4 is 38.9 Å². The number of hydrogen-bond donors (Lipinski definition) is 9. The van der Waals surface area contributed by atoms with Crippen molar-refractivity contribution < 1.29 is 29.4 Å². The molecule has 0 fully saturated rings. The van der Waals surface area contributed by atoms with Gasteiger partial charge >= 0.3 is 5.97 Å². The number of phenolic OH excluding ortho intramolecular Hbond substituents is 1. The first-order valence-electron chi connectivity index (χ1n) is 11.9. The van der Waals surface area contributed by atoms with Gasteiger partial charge in [0, 0.05) is 13.0 Å². The van der Waals surface area contributed by atoms with Crippen LogP contribution >= 0.6 is 0 Å². The summed E-state index contributed by atoms with van der Waals surface area (Å²) in [6.45, 7) is 0.0193. The molecule has 0 bridgehead atoms. The number of carboxylic acid groups (broad SMARTS) is 1. The highest BCUT2D eigenvalue weighted by atomic mass is 16.4. The third-order valence-electron chi connectivity index (χ3n) is 5.31. The van der Waals surface area contributed by atoms with E-state index in [1.54, 1.807) is 12.1 Å². The van der Waals surface area contributed by atoms with Crippen LogP contribution in [0.1, 0.15) is 37.7 Å². The lowest BCUT2D eigenvalue weighted by atomic mass is 10.0. The molecule has 37 heavy (non-hydrogen) atoms. The van der Waals surface area contributed by atoms with Crippen LogP contribution in [0.2, 0.25) is 0 Å². The Morgan fingerprint density at radius 2 is 1.54 bits per heavy atom. The van der Waals surface area contributed by atoms with Gasteiger partial charge in [0.1, 0.15) is 24.4 Å². The molecule has 14 heteroatoms. The van der Waals surface area contributed by atoms with Crippen molar-refractivity contribution in [2.75, 3.05) is 19.6 Å². The minimum atomic E-state index is -1.25. The van der Waals surface area contributed by atoms with Gasteiger partial charge in [-0.15, -0.1) is 0 Å². The molecule has 13 N–H and O–H groups in total. The number of unbranched alkanes of at least 4 members (excludes halogenated alkanes) is 1. The van der Waals surface area contributed by atoms with Crippen molar-refractivity contribution in [3.8, 4) is 5.75 Å². The lowest BCUT2D eigenvalue weighted by Gasteiger charge is -2.24. The molecule has 0 saturated heterocycles. The van der Waals surface area contributed by atoms with Crippen molar-refractivity contribution in [1.29, 1.82) is 0 Å². The Hall–Kier alpha value is -3.91. The average molecular weight is 523 g/mol. The molecule has 0 radical (unpaired) electrons. The van der Waals surface area contributed by atoms with E-state index in [1.807, 2.05) is 0 Å². The molecule has 0 saturated carbocycles. The number of nitrogens with one attached hydrogen (secondary N) is 3. The third kappa shape index (κ3) is 13.1. The second-order valence-electron chi connectivity index (χ2n) is 8.44. The lowest BCUT2D eigenvalue weighted by molar-refractivity contribution is -0.138. The fourth-order valence-corrected chi connectivity index (χ4v) is 3.33. The summed E-state index contributed by atoms with van der Waals surface area (Å²) in [4.78, 5) is 53.2. The Labute approximate surface area is 215 Å². The molecule has 206 valence electrons. The van der Waals surface area contributed by atoms with Gasteiger partial charge in [0.2, 0.25) is 17.7 Å². The minimum absolute atomic E-state index is 0.0339. The van der Waals surface area contributed by atoms with Crippen LogP contribution in [-0.2, 0) is 25.6 Å². The Balaban J connectivity index is 3.03. The monoisotopic (exact) mass is 522 g/mol. The van der Waals surface area contributed by atoms with Crippen LogP contribution in [0.3, 0.4) is 0 Å². The molecule has 3 atom stereocenters. The number of nitrogens with zero attached hydrogens (tertiary/aromatic N) is 1. The van der Waals surface area contributed by atoms with E-state index in [-0.39, 0.29) is 31.1 Å². The van der Waals surface area contributed by atoms with E-state index >= 15 is 0 Å². The summed E-state index contributed by atoms with van der Waals surface area (Å²) in [6, 6.07) is 2.98. The summed E-state index contributed by atoms with van der Waals surface area (Å²) in [6.07, 6.45) is 2.18. The lowest BCUT2D eigenvalue weighted by Crippen LogP contribution is -2.56. The van der Waals surface area contributed by atoms with Crippen LogP contribution in [0.15, 0.2) is 29.3 Å². The van der Waals surface area contributed by atoms with Gasteiger partial charge in [-0.05, 0) is 49.9 Å². The van der Waals surface area contributed by atoms with Gasteiger partial charge in [0.05, 0.1) is 6.04 Å². The molecule has 0 aliphatic carbocycles. The number of carbonyl (C=O) groups is 4. The summed E-state index contributed by atoms with van der Waals surface area (Å²) in [5.74, 6) is -3.28. The largest absolute Gasteiger partial charge is 0.508 e. The van der Waals surface area contributed by atoms with E-state index in [0.29, 0.717) is 37.8 Å². The maximum absolute atomic E-state index is 13.2. The maximum atomic E-state index is 13.2. The van der Waals surface area contributed by atoms with Gasteiger partial charge in [0.15, 0.2) is 5.96 Å². The molecule has 3 unspecified atom stereocenters. The first-order valence-corrected chi connectivity index (χ1v) is 11.9. The fourth-order valence-electron chi connectivity index (χ4n) is 3.33. The number of aliphatic imine (C=N–C) groups is 1. The predicted molar refractivity (Wildman–Crippen MR) is 137 cm³/mol. The second-order valence-corrected chi connectivity index (χ2v) is 8.44. The minimum Gasteiger partial charge on any atom is -0.508 e. The zero-order valence-electron chi connectivity index (χ0n) is 20.7. The number of nitrogens with two attached hydrogens (primary N) is 4. The highest BCUT2D eigenvalue weighted by Crippen LogP contribution is 2.12. The molecule has 0 aliphatic rings. The zero-order valence-corrected chi connectivity index (χ0v) is 20.7. The molecule has 3 amide bonds. The number of rotatable bonds is 17. The summed E-state index contributed by atoms with van der Waals surface area (Å²) in [5.41, 5.74) is 22.7. The molecule has 0 spiro atoms. The van der Waals surface area contributed by atoms with E-state index in [9.17, 15) is 24.3 Å². The maximum Gasteiger partial charge on any atom is 0.322 e. The third-order valence-corrected chi connectivity index (χ3v) is 5.31. The highest BCUT2D eigenvalue weighted by molar-refractivity contribution is 5.93. The molecule has 14 nitrogen and oxygen atoms in total. The smallest absolute Gasteiger partial charge is 0.322 e. The predicted octanol–water partition coefficient (Wildman–Crippen LogP) is -2.38. The summed E-state index contributed by atoms with van der Waals surface area (Å²) >= 11 is 0. The van der Waals surface area contributed by atoms with Crippen LogP contribution in [0.5, 0.6) is 5.75 Å². The molecule has 0 aliphatic heterocycles. The van der Waals surface area contributed by atoms with Gasteiger partial charge in [-0.1, -0.05) is 18.6 Å². The number of hydrogen-bond acceptors (Lipinski definition) is 8. The van der Waals surface area contributed by atoms with Crippen molar-refractivity contribution in [3.05, 3.63) is 29.8 Å². The molecule has 1 aromatic rings. The van der Waals surface area contributed by atoms with Crippen LogP contribution in [0.4, 0.5) is 0 Å². The van der Waals surface area contributed by atoms with Gasteiger partial charge < -0.3 is 49.1 Å². The number of phenols is 1. The van der Waals surface area contributed by atoms with Crippen molar-refractivity contribution in [2.45, 2.75) is 56.7 Å². The highest BCUT2D eigenvalue weighted by Gasteiger charge is 2.28. The molecule has 1 rings (SSSR count). The van der Waals surface area contributed by atoms with E-state index in [2.05, 4.69) is 20.9 Å². The van der Waals surface area contributed by atoms with Gasteiger partial charge in [-0.3, -0.25) is 24.2 Å². The SMILES string of the molecule is NCCCCC(N)C(=O)NC(Cc1ccc(O)cc1)C(=O)NC(CCCN=C(N)N)C(=O)NCC(=O)O. The Bertz CT molecular complexity index is 920. The first kappa shape index (κ1) is 31.1. The molecular weight excluding hydrogens is 484 g/mol. The number of amides is 3. The van der Waals surface area contributed by atoms with Crippen LogP contribution in [-0.4, -0.2) is 77.6 Å². The molecular formula is C23H38N8O6.